The molecule has 1 N–H and O–H groups in total. The molecule has 2 aromatic rings. The number of rotatable bonds is 5. The number of piperidine rings is 1. The van der Waals surface area contributed by atoms with Crippen molar-refractivity contribution in [3.05, 3.63) is 35.9 Å². The van der Waals surface area contributed by atoms with Gasteiger partial charge in [0.25, 0.3) is 0 Å². The van der Waals surface area contributed by atoms with Crippen molar-refractivity contribution < 1.29 is 9.59 Å². The van der Waals surface area contributed by atoms with E-state index in [1.54, 1.807) is 4.90 Å². The van der Waals surface area contributed by atoms with Gasteiger partial charge in [0.15, 0.2) is 0 Å². The molecular weight excluding hydrogens is 362 g/mol. The molecule has 2 saturated heterocycles. The summed E-state index contributed by atoms with van der Waals surface area (Å²) in [6.45, 7) is 2.78. The van der Waals surface area contributed by atoms with Gasteiger partial charge < -0.3 is 10.2 Å². The minimum Gasteiger partial charge on any atom is -0.352 e. The van der Waals surface area contributed by atoms with E-state index in [9.17, 15) is 9.59 Å². The molecule has 0 saturated carbocycles. The SMILES string of the molecule is O=C(NCc1ccccc1)C1CCCN(c2nnc(N3CCCC3=O)s2)C1. The van der Waals surface area contributed by atoms with Crippen molar-refractivity contribution in [2.75, 3.05) is 29.4 Å². The number of hydrogen-bond donors (Lipinski definition) is 1. The molecule has 2 amide bonds. The highest BCUT2D eigenvalue weighted by molar-refractivity contribution is 7.19. The van der Waals surface area contributed by atoms with Crippen molar-refractivity contribution >= 4 is 33.4 Å². The van der Waals surface area contributed by atoms with E-state index in [0.29, 0.717) is 24.6 Å². The molecule has 2 aliphatic rings. The monoisotopic (exact) mass is 385 g/mol. The van der Waals surface area contributed by atoms with Crippen LogP contribution in [0.2, 0.25) is 0 Å². The molecular formula is C19H23N5O2S. The van der Waals surface area contributed by atoms with Crippen LogP contribution in [-0.4, -0.2) is 41.6 Å². The average Bonchev–Trinajstić information content (AvgIpc) is 3.36. The maximum absolute atomic E-state index is 12.6. The summed E-state index contributed by atoms with van der Waals surface area (Å²) < 4.78 is 0. The van der Waals surface area contributed by atoms with E-state index in [0.717, 1.165) is 43.0 Å². The van der Waals surface area contributed by atoms with Crippen LogP contribution in [0.15, 0.2) is 30.3 Å². The lowest BCUT2D eigenvalue weighted by molar-refractivity contribution is -0.125. The van der Waals surface area contributed by atoms with Gasteiger partial charge in [0.2, 0.25) is 22.1 Å². The van der Waals surface area contributed by atoms with Gasteiger partial charge >= 0.3 is 0 Å². The fourth-order valence-electron chi connectivity index (χ4n) is 3.59. The summed E-state index contributed by atoms with van der Waals surface area (Å²) in [5, 5.41) is 13.0. The summed E-state index contributed by atoms with van der Waals surface area (Å²) in [7, 11) is 0. The van der Waals surface area contributed by atoms with E-state index in [4.69, 9.17) is 0 Å². The molecule has 7 nitrogen and oxygen atoms in total. The van der Waals surface area contributed by atoms with Crippen molar-refractivity contribution in [2.24, 2.45) is 5.92 Å². The zero-order chi connectivity index (χ0) is 18.6. The molecule has 27 heavy (non-hydrogen) atoms. The van der Waals surface area contributed by atoms with E-state index in [2.05, 4.69) is 20.4 Å². The predicted molar refractivity (Wildman–Crippen MR) is 105 cm³/mol. The Morgan fingerprint density at radius 1 is 1.15 bits per heavy atom. The number of nitrogens with one attached hydrogen (secondary N) is 1. The largest absolute Gasteiger partial charge is 0.352 e. The molecule has 2 aliphatic heterocycles. The first-order valence-corrected chi connectivity index (χ1v) is 10.2. The second kappa shape index (κ2) is 8.04. The molecule has 2 fully saturated rings. The Morgan fingerprint density at radius 3 is 2.74 bits per heavy atom. The number of carbonyl (C=O) groups is 2. The van der Waals surface area contributed by atoms with Gasteiger partial charge in [0.05, 0.1) is 5.92 Å². The summed E-state index contributed by atoms with van der Waals surface area (Å²) in [4.78, 5) is 28.3. The zero-order valence-corrected chi connectivity index (χ0v) is 16.0. The number of benzene rings is 1. The van der Waals surface area contributed by atoms with E-state index >= 15 is 0 Å². The smallest absolute Gasteiger partial charge is 0.228 e. The highest BCUT2D eigenvalue weighted by Crippen LogP contribution is 2.32. The third kappa shape index (κ3) is 4.10. The highest BCUT2D eigenvalue weighted by Gasteiger charge is 2.29. The van der Waals surface area contributed by atoms with Gasteiger partial charge in [-0.25, -0.2) is 0 Å². The number of anilines is 2. The van der Waals surface area contributed by atoms with Crippen molar-refractivity contribution in [2.45, 2.75) is 32.2 Å². The van der Waals surface area contributed by atoms with Crippen LogP contribution < -0.4 is 15.1 Å². The number of carbonyl (C=O) groups excluding carboxylic acids is 2. The van der Waals surface area contributed by atoms with Crippen LogP contribution in [0, 0.1) is 5.92 Å². The lowest BCUT2D eigenvalue weighted by Crippen LogP contribution is -2.43. The topological polar surface area (TPSA) is 78.4 Å². The maximum Gasteiger partial charge on any atom is 0.228 e. The molecule has 142 valence electrons. The molecule has 8 heteroatoms. The Balaban J connectivity index is 1.36. The average molecular weight is 385 g/mol. The Bertz CT molecular complexity index is 809. The summed E-state index contributed by atoms with van der Waals surface area (Å²) in [6, 6.07) is 9.94. The number of aromatic nitrogens is 2. The van der Waals surface area contributed by atoms with E-state index in [-0.39, 0.29) is 17.7 Å². The maximum atomic E-state index is 12.6. The van der Waals surface area contributed by atoms with Gasteiger partial charge in [-0.05, 0) is 24.8 Å². The van der Waals surface area contributed by atoms with Gasteiger partial charge in [-0.15, -0.1) is 10.2 Å². The Kier molecular flexibility index (Phi) is 5.33. The minimum absolute atomic E-state index is 0.0526. The second-order valence-corrected chi connectivity index (χ2v) is 7.94. The summed E-state index contributed by atoms with van der Waals surface area (Å²) in [5.41, 5.74) is 1.10. The molecule has 1 aromatic heterocycles. The summed E-state index contributed by atoms with van der Waals surface area (Å²) >= 11 is 1.44. The standard InChI is InChI=1S/C19H23N5O2S/c25-16-9-5-11-24(16)19-22-21-18(27-19)23-10-4-8-15(13-23)17(26)20-12-14-6-2-1-3-7-14/h1-3,6-7,15H,4-5,8-13H2,(H,20,26). The summed E-state index contributed by atoms with van der Waals surface area (Å²) in [6.07, 6.45) is 3.29. The molecule has 4 rings (SSSR count). The molecule has 1 atom stereocenters. The number of nitrogens with zero attached hydrogens (tertiary/aromatic N) is 4. The van der Waals surface area contributed by atoms with Crippen molar-refractivity contribution in [3.63, 3.8) is 0 Å². The Labute approximate surface area is 162 Å². The first-order valence-electron chi connectivity index (χ1n) is 9.41. The first kappa shape index (κ1) is 17.9. The van der Waals surface area contributed by atoms with E-state index in [1.807, 2.05) is 30.3 Å². The third-order valence-corrected chi connectivity index (χ3v) is 6.09. The molecule has 0 spiro atoms. The predicted octanol–water partition coefficient (Wildman–Crippen LogP) is 2.20. The zero-order valence-electron chi connectivity index (χ0n) is 15.1. The van der Waals surface area contributed by atoms with E-state index in [1.165, 1.54) is 11.3 Å². The van der Waals surface area contributed by atoms with Crippen molar-refractivity contribution in [1.82, 2.24) is 15.5 Å². The minimum atomic E-state index is -0.0526. The van der Waals surface area contributed by atoms with Gasteiger partial charge in [-0.1, -0.05) is 41.7 Å². The number of hydrogen-bond acceptors (Lipinski definition) is 6. The fraction of sp³-hybridized carbons (Fsp3) is 0.474. The van der Waals surface area contributed by atoms with Crippen LogP contribution in [0.4, 0.5) is 10.3 Å². The lowest BCUT2D eigenvalue weighted by Gasteiger charge is -2.31. The van der Waals surface area contributed by atoms with Crippen LogP contribution >= 0.6 is 11.3 Å². The van der Waals surface area contributed by atoms with Gasteiger partial charge in [-0.3, -0.25) is 14.5 Å². The molecule has 0 aliphatic carbocycles. The highest BCUT2D eigenvalue weighted by atomic mass is 32.1. The Morgan fingerprint density at radius 2 is 1.96 bits per heavy atom. The van der Waals surface area contributed by atoms with E-state index < -0.39 is 0 Å². The van der Waals surface area contributed by atoms with Crippen LogP contribution in [0.5, 0.6) is 0 Å². The number of amides is 2. The van der Waals surface area contributed by atoms with Crippen molar-refractivity contribution in [1.29, 1.82) is 0 Å². The summed E-state index contributed by atoms with van der Waals surface area (Å²) in [5.74, 6) is 0.153. The fourth-order valence-corrected chi connectivity index (χ4v) is 4.51. The molecule has 0 bridgehead atoms. The third-order valence-electron chi connectivity index (χ3n) is 5.08. The Hall–Kier alpha value is -2.48. The van der Waals surface area contributed by atoms with Gasteiger partial charge in [0.1, 0.15) is 0 Å². The normalized spacial score (nSPS) is 20.1. The van der Waals surface area contributed by atoms with Crippen LogP contribution in [0.25, 0.3) is 0 Å². The van der Waals surface area contributed by atoms with Crippen LogP contribution in [0.3, 0.4) is 0 Å². The molecule has 0 radical (unpaired) electrons. The first-order chi connectivity index (χ1) is 13.2. The van der Waals surface area contributed by atoms with Gasteiger partial charge in [-0.2, -0.15) is 0 Å². The quantitative estimate of drug-likeness (QED) is 0.854. The lowest BCUT2D eigenvalue weighted by atomic mass is 9.97. The van der Waals surface area contributed by atoms with Crippen molar-refractivity contribution in [3.8, 4) is 0 Å². The van der Waals surface area contributed by atoms with Crippen LogP contribution in [-0.2, 0) is 16.1 Å². The second-order valence-electron chi connectivity index (χ2n) is 7.00. The van der Waals surface area contributed by atoms with Gasteiger partial charge in [0, 0.05) is 32.6 Å². The molecule has 1 aromatic carbocycles. The van der Waals surface area contributed by atoms with Crippen LogP contribution in [0.1, 0.15) is 31.2 Å². The molecule has 1 unspecified atom stereocenters. The molecule has 3 heterocycles.